The molecule has 2 rings (SSSR count). The first-order chi connectivity index (χ1) is 9.97. The van der Waals surface area contributed by atoms with Gasteiger partial charge in [-0.2, -0.15) is 0 Å². The molecule has 5 nitrogen and oxygen atoms in total. The van der Waals surface area contributed by atoms with Gasteiger partial charge in [0.25, 0.3) is 0 Å². The minimum absolute atomic E-state index is 0.385. The molecule has 1 aromatic rings. The Labute approximate surface area is 131 Å². The summed E-state index contributed by atoms with van der Waals surface area (Å²) in [5.41, 5.74) is 0. The van der Waals surface area contributed by atoms with Crippen molar-refractivity contribution in [3.63, 3.8) is 0 Å². The van der Waals surface area contributed by atoms with Crippen LogP contribution in [0, 0.1) is 5.92 Å². The Morgan fingerprint density at radius 3 is 2.71 bits per heavy atom. The Morgan fingerprint density at radius 1 is 1.33 bits per heavy atom. The maximum Gasteiger partial charge on any atom is 0.250 e. The molecule has 0 bridgehead atoms. The zero-order chi connectivity index (χ0) is 15.3. The number of hydrogen-bond acceptors (Lipinski definition) is 5. The van der Waals surface area contributed by atoms with Crippen molar-refractivity contribution >= 4 is 21.4 Å². The summed E-state index contributed by atoms with van der Waals surface area (Å²) in [4.78, 5) is 1.04. The number of hydrogen-bond donors (Lipinski definition) is 2. The quantitative estimate of drug-likeness (QED) is 0.801. The molecule has 1 fully saturated rings. The van der Waals surface area contributed by atoms with Gasteiger partial charge in [0.1, 0.15) is 4.21 Å². The van der Waals surface area contributed by atoms with Crippen LogP contribution in [0.1, 0.15) is 31.6 Å². The number of thiophene rings is 1. The van der Waals surface area contributed by atoms with Crippen molar-refractivity contribution in [1.82, 2.24) is 10.0 Å². The second-order valence-corrected chi connectivity index (χ2v) is 8.83. The van der Waals surface area contributed by atoms with Gasteiger partial charge >= 0.3 is 0 Å². The van der Waals surface area contributed by atoms with Crippen LogP contribution < -0.4 is 10.0 Å². The van der Waals surface area contributed by atoms with Crippen molar-refractivity contribution in [2.75, 3.05) is 19.8 Å². The predicted octanol–water partition coefficient (Wildman–Crippen LogP) is 1.95. The first-order valence-corrected chi connectivity index (χ1v) is 9.67. The Hall–Kier alpha value is -0.470. The van der Waals surface area contributed by atoms with Crippen molar-refractivity contribution < 1.29 is 13.2 Å². The molecular weight excluding hydrogens is 308 g/mol. The molecule has 0 unspecified atom stereocenters. The summed E-state index contributed by atoms with van der Waals surface area (Å²) in [6.07, 6.45) is 1.85. The van der Waals surface area contributed by atoms with E-state index in [1.54, 1.807) is 6.07 Å². The van der Waals surface area contributed by atoms with Crippen LogP contribution in [0.3, 0.4) is 0 Å². The summed E-state index contributed by atoms with van der Waals surface area (Å²) < 4.78 is 33.0. The van der Waals surface area contributed by atoms with Crippen LogP contribution in [0.15, 0.2) is 16.3 Å². The number of rotatable bonds is 7. The molecule has 1 aliphatic rings. The highest BCUT2D eigenvalue weighted by molar-refractivity contribution is 7.91. The van der Waals surface area contributed by atoms with E-state index in [0.717, 1.165) is 30.9 Å². The van der Waals surface area contributed by atoms with Crippen molar-refractivity contribution in [3.05, 3.63) is 17.0 Å². The van der Waals surface area contributed by atoms with Crippen LogP contribution in [0.25, 0.3) is 0 Å². The maximum atomic E-state index is 12.3. The number of nitrogens with one attached hydrogen (secondary N) is 2. The zero-order valence-electron chi connectivity index (χ0n) is 12.6. The number of ether oxygens (including phenoxy) is 1. The molecule has 0 saturated carbocycles. The second kappa shape index (κ2) is 7.69. The van der Waals surface area contributed by atoms with Crippen molar-refractivity contribution in [1.29, 1.82) is 0 Å². The summed E-state index contributed by atoms with van der Waals surface area (Å²) >= 11 is 1.33. The van der Waals surface area contributed by atoms with Crippen LogP contribution in [-0.4, -0.2) is 34.2 Å². The fourth-order valence-electron chi connectivity index (χ4n) is 2.15. The van der Waals surface area contributed by atoms with Crippen LogP contribution in [0.2, 0.25) is 0 Å². The molecule has 21 heavy (non-hydrogen) atoms. The van der Waals surface area contributed by atoms with E-state index in [0.29, 0.717) is 29.3 Å². The fourth-order valence-corrected chi connectivity index (χ4v) is 4.62. The predicted molar refractivity (Wildman–Crippen MR) is 85.0 cm³/mol. The first-order valence-electron chi connectivity index (χ1n) is 7.37. The Kier molecular flexibility index (Phi) is 6.19. The summed E-state index contributed by atoms with van der Waals surface area (Å²) in [7, 11) is -3.38. The highest BCUT2D eigenvalue weighted by atomic mass is 32.2. The van der Waals surface area contributed by atoms with Crippen molar-refractivity contribution in [2.24, 2.45) is 5.92 Å². The Bertz CT molecular complexity index is 534. The topological polar surface area (TPSA) is 67.4 Å². The van der Waals surface area contributed by atoms with Gasteiger partial charge in [0.2, 0.25) is 10.0 Å². The van der Waals surface area contributed by atoms with Gasteiger partial charge in [-0.15, -0.1) is 11.3 Å². The number of sulfonamides is 1. The van der Waals surface area contributed by atoms with Gasteiger partial charge in [-0.1, -0.05) is 13.8 Å². The average molecular weight is 332 g/mol. The lowest BCUT2D eigenvalue weighted by Crippen LogP contribution is -2.31. The molecule has 120 valence electrons. The molecule has 2 N–H and O–H groups in total. The molecule has 0 radical (unpaired) electrons. The van der Waals surface area contributed by atoms with E-state index >= 15 is 0 Å². The van der Waals surface area contributed by atoms with Gasteiger partial charge < -0.3 is 10.1 Å². The molecule has 1 aromatic heterocycles. The lowest BCUT2D eigenvalue weighted by Gasteiger charge is -2.21. The third-order valence-corrected chi connectivity index (χ3v) is 6.49. The van der Waals surface area contributed by atoms with E-state index in [-0.39, 0.29) is 0 Å². The van der Waals surface area contributed by atoms with Crippen LogP contribution >= 0.6 is 11.3 Å². The molecule has 1 saturated heterocycles. The molecular formula is C14H24N2O3S2. The minimum atomic E-state index is -3.38. The van der Waals surface area contributed by atoms with Crippen LogP contribution in [-0.2, 0) is 21.3 Å². The SMILES string of the molecule is CC(C)NCc1ccc(S(=O)(=O)NCC2CCOCC2)s1. The van der Waals surface area contributed by atoms with E-state index in [4.69, 9.17) is 4.74 Å². The lowest BCUT2D eigenvalue weighted by atomic mass is 10.0. The molecule has 2 heterocycles. The largest absolute Gasteiger partial charge is 0.381 e. The van der Waals surface area contributed by atoms with Crippen molar-refractivity contribution in [2.45, 2.75) is 43.5 Å². The monoisotopic (exact) mass is 332 g/mol. The third-order valence-electron chi connectivity index (χ3n) is 3.49. The molecule has 0 amide bonds. The highest BCUT2D eigenvalue weighted by Gasteiger charge is 2.20. The van der Waals surface area contributed by atoms with Gasteiger partial charge in [-0.25, -0.2) is 13.1 Å². The molecule has 1 aliphatic heterocycles. The minimum Gasteiger partial charge on any atom is -0.381 e. The van der Waals surface area contributed by atoms with Gasteiger partial charge in [-0.05, 0) is 30.9 Å². The molecule has 7 heteroatoms. The van der Waals surface area contributed by atoms with Gasteiger partial charge in [0.05, 0.1) is 0 Å². The normalized spacial score (nSPS) is 17.5. The molecule has 0 aromatic carbocycles. The highest BCUT2D eigenvalue weighted by Crippen LogP contribution is 2.22. The summed E-state index contributed by atoms with van der Waals surface area (Å²) in [6.45, 7) is 6.81. The lowest BCUT2D eigenvalue weighted by molar-refractivity contribution is 0.0678. The van der Waals surface area contributed by atoms with E-state index in [9.17, 15) is 8.42 Å². The smallest absolute Gasteiger partial charge is 0.250 e. The molecule has 0 aliphatic carbocycles. The van der Waals surface area contributed by atoms with Crippen LogP contribution in [0.5, 0.6) is 0 Å². The van der Waals surface area contributed by atoms with E-state index in [1.165, 1.54) is 11.3 Å². The Balaban J connectivity index is 1.89. The maximum absolute atomic E-state index is 12.3. The standard InChI is InChI=1S/C14H24N2O3S2/c1-11(2)15-10-13-3-4-14(20-13)21(17,18)16-9-12-5-7-19-8-6-12/h3-4,11-12,15-16H,5-10H2,1-2H3. The first kappa shape index (κ1) is 16.9. The summed E-state index contributed by atoms with van der Waals surface area (Å²) in [5.74, 6) is 0.385. The second-order valence-electron chi connectivity index (χ2n) is 5.66. The fraction of sp³-hybridized carbons (Fsp3) is 0.714. The molecule has 0 atom stereocenters. The van der Waals surface area contributed by atoms with E-state index < -0.39 is 10.0 Å². The average Bonchev–Trinajstić information content (AvgIpc) is 2.94. The van der Waals surface area contributed by atoms with E-state index in [2.05, 4.69) is 23.9 Å². The summed E-state index contributed by atoms with van der Waals surface area (Å²) in [5, 5.41) is 3.29. The van der Waals surface area contributed by atoms with Gasteiger partial charge in [0.15, 0.2) is 0 Å². The van der Waals surface area contributed by atoms with Crippen molar-refractivity contribution in [3.8, 4) is 0 Å². The zero-order valence-corrected chi connectivity index (χ0v) is 14.2. The summed E-state index contributed by atoms with van der Waals surface area (Å²) in [6, 6.07) is 3.95. The Morgan fingerprint density at radius 2 is 2.05 bits per heavy atom. The van der Waals surface area contributed by atoms with Crippen LogP contribution in [0.4, 0.5) is 0 Å². The molecule has 0 spiro atoms. The van der Waals surface area contributed by atoms with E-state index in [1.807, 2.05) is 6.07 Å². The van der Waals surface area contributed by atoms with Gasteiger partial charge in [-0.3, -0.25) is 0 Å². The van der Waals surface area contributed by atoms with Gasteiger partial charge in [0, 0.05) is 37.2 Å². The third kappa shape index (κ3) is 5.34.